The van der Waals surface area contributed by atoms with E-state index in [4.69, 9.17) is 14.6 Å². The Morgan fingerprint density at radius 3 is 2.33 bits per heavy atom. The van der Waals surface area contributed by atoms with Gasteiger partial charge in [-0.2, -0.15) is 0 Å². The number of ether oxygens (including phenoxy) is 2. The lowest BCUT2D eigenvalue weighted by Gasteiger charge is -2.18. The van der Waals surface area contributed by atoms with Crippen molar-refractivity contribution in [3.8, 4) is 5.75 Å². The van der Waals surface area contributed by atoms with Crippen LogP contribution < -0.4 is 4.74 Å². The van der Waals surface area contributed by atoms with Gasteiger partial charge in [-0.1, -0.05) is 12.1 Å². The van der Waals surface area contributed by atoms with Crippen molar-refractivity contribution in [2.45, 2.75) is 26.5 Å². The van der Waals surface area contributed by atoms with Crippen LogP contribution in [0.2, 0.25) is 0 Å². The van der Waals surface area contributed by atoms with Crippen LogP contribution in [-0.2, 0) is 20.9 Å². The van der Waals surface area contributed by atoms with Gasteiger partial charge in [-0.25, -0.2) is 4.79 Å². The third-order valence-electron chi connectivity index (χ3n) is 2.67. The molecular weight excluding hydrogens is 274 g/mol. The second kappa shape index (κ2) is 8.26. The Labute approximate surface area is 124 Å². The summed E-state index contributed by atoms with van der Waals surface area (Å²) in [7, 11) is 1.71. The lowest BCUT2D eigenvalue weighted by atomic mass is 10.2. The van der Waals surface area contributed by atoms with Crippen LogP contribution >= 0.6 is 0 Å². The molecule has 0 saturated heterocycles. The molecule has 0 heterocycles. The van der Waals surface area contributed by atoms with Crippen molar-refractivity contribution >= 4 is 11.9 Å². The normalized spacial score (nSPS) is 10.5. The Hall–Kier alpha value is -2.08. The number of hydrogen-bond donors (Lipinski definition) is 1. The van der Waals surface area contributed by atoms with E-state index in [1.54, 1.807) is 36.2 Å². The number of likely N-dealkylation sites (N-methyl/N-ethyl adjacent to an activating group) is 1. The smallest absolute Gasteiger partial charge is 0.341 e. The van der Waals surface area contributed by atoms with E-state index in [9.17, 15) is 9.59 Å². The van der Waals surface area contributed by atoms with Gasteiger partial charge in [-0.05, 0) is 31.5 Å². The zero-order chi connectivity index (χ0) is 15.8. The standard InChI is InChI=1S/C15H21NO5/c1-11(2)20-9-14(17)16(3)8-12-4-6-13(7-5-12)21-10-15(18)19/h4-7,11H,8-10H2,1-3H3,(H,18,19). The lowest BCUT2D eigenvalue weighted by Crippen LogP contribution is -2.30. The van der Waals surface area contributed by atoms with Crippen molar-refractivity contribution in [1.29, 1.82) is 0 Å². The van der Waals surface area contributed by atoms with Crippen molar-refractivity contribution in [2.24, 2.45) is 0 Å². The van der Waals surface area contributed by atoms with Gasteiger partial charge >= 0.3 is 5.97 Å². The molecule has 116 valence electrons. The number of benzene rings is 1. The third-order valence-corrected chi connectivity index (χ3v) is 2.67. The molecule has 21 heavy (non-hydrogen) atoms. The van der Waals surface area contributed by atoms with Gasteiger partial charge in [0.05, 0.1) is 6.10 Å². The number of carboxylic acids is 1. The number of rotatable bonds is 8. The van der Waals surface area contributed by atoms with Crippen molar-refractivity contribution in [2.75, 3.05) is 20.3 Å². The summed E-state index contributed by atoms with van der Waals surface area (Å²) < 4.78 is 10.3. The molecule has 1 aromatic rings. The summed E-state index contributed by atoms with van der Waals surface area (Å²) in [6, 6.07) is 6.96. The Kier molecular flexibility index (Phi) is 6.68. The van der Waals surface area contributed by atoms with Gasteiger partial charge in [0.25, 0.3) is 0 Å². The molecule has 0 aliphatic rings. The molecular formula is C15H21NO5. The highest BCUT2D eigenvalue weighted by Crippen LogP contribution is 2.13. The van der Waals surface area contributed by atoms with Crippen molar-refractivity contribution in [1.82, 2.24) is 4.90 Å². The fraction of sp³-hybridized carbons (Fsp3) is 0.467. The van der Waals surface area contributed by atoms with Crippen LogP contribution in [0.5, 0.6) is 5.75 Å². The molecule has 0 radical (unpaired) electrons. The van der Waals surface area contributed by atoms with Gasteiger partial charge < -0.3 is 19.5 Å². The summed E-state index contributed by atoms with van der Waals surface area (Å²) in [5.74, 6) is -0.622. The predicted molar refractivity (Wildman–Crippen MR) is 77.1 cm³/mol. The number of nitrogens with zero attached hydrogens (tertiary/aromatic N) is 1. The summed E-state index contributed by atoms with van der Waals surface area (Å²) in [4.78, 5) is 23.8. The number of carbonyl (C=O) groups excluding carboxylic acids is 1. The lowest BCUT2D eigenvalue weighted by molar-refractivity contribution is -0.139. The SMILES string of the molecule is CC(C)OCC(=O)N(C)Cc1ccc(OCC(=O)O)cc1. The molecule has 0 spiro atoms. The van der Waals surface area contributed by atoms with E-state index in [0.29, 0.717) is 12.3 Å². The molecule has 1 rings (SSSR count). The Morgan fingerprint density at radius 2 is 1.81 bits per heavy atom. The maximum Gasteiger partial charge on any atom is 0.341 e. The molecule has 0 unspecified atom stereocenters. The molecule has 0 aliphatic carbocycles. The fourth-order valence-electron chi connectivity index (χ4n) is 1.55. The van der Waals surface area contributed by atoms with E-state index in [1.165, 1.54) is 0 Å². The average molecular weight is 295 g/mol. The number of carbonyl (C=O) groups is 2. The molecule has 1 aromatic carbocycles. The first-order chi connectivity index (χ1) is 9.88. The number of aliphatic carboxylic acids is 1. The fourth-order valence-corrected chi connectivity index (χ4v) is 1.55. The van der Waals surface area contributed by atoms with Crippen molar-refractivity contribution in [3.05, 3.63) is 29.8 Å². The second-order valence-electron chi connectivity index (χ2n) is 4.94. The minimum atomic E-state index is -1.02. The summed E-state index contributed by atoms with van der Waals surface area (Å²) >= 11 is 0. The first kappa shape index (κ1) is 17.0. The molecule has 0 aliphatic heterocycles. The zero-order valence-corrected chi connectivity index (χ0v) is 12.5. The first-order valence-electron chi connectivity index (χ1n) is 6.67. The Morgan fingerprint density at radius 1 is 1.19 bits per heavy atom. The monoisotopic (exact) mass is 295 g/mol. The predicted octanol–water partition coefficient (Wildman–Crippen LogP) is 1.53. The van der Waals surface area contributed by atoms with Gasteiger partial charge in [0.15, 0.2) is 6.61 Å². The van der Waals surface area contributed by atoms with Crippen LogP contribution in [0, 0.1) is 0 Å². The van der Waals surface area contributed by atoms with Crippen LogP contribution in [0.3, 0.4) is 0 Å². The summed E-state index contributed by atoms with van der Waals surface area (Å²) in [6.07, 6.45) is 0.0213. The topological polar surface area (TPSA) is 76.1 Å². The molecule has 6 nitrogen and oxygen atoms in total. The van der Waals surface area contributed by atoms with Gasteiger partial charge in [-0.3, -0.25) is 4.79 Å². The molecule has 0 bridgehead atoms. The van der Waals surface area contributed by atoms with Gasteiger partial charge in [0.2, 0.25) is 5.91 Å². The molecule has 0 aromatic heterocycles. The van der Waals surface area contributed by atoms with Gasteiger partial charge in [0, 0.05) is 13.6 Å². The molecule has 0 fully saturated rings. The minimum absolute atomic E-state index is 0.0213. The van der Waals surface area contributed by atoms with E-state index < -0.39 is 5.97 Å². The zero-order valence-electron chi connectivity index (χ0n) is 12.5. The molecule has 1 amide bonds. The average Bonchev–Trinajstić information content (AvgIpc) is 2.43. The van der Waals surface area contributed by atoms with E-state index in [1.807, 2.05) is 13.8 Å². The van der Waals surface area contributed by atoms with Gasteiger partial charge in [0.1, 0.15) is 12.4 Å². The van der Waals surface area contributed by atoms with Crippen molar-refractivity contribution in [3.63, 3.8) is 0 Å². The summed E-state index contributed by atoms with van der Waals surface area (Å²) in [5, 5.41) is 8.52. The van der Waals surface area contributed by atoms with E-state index in [0.717, 1.165) is 5.56 Å². The maximum absolute atomic E-state index is 11.8. The van der Waals surface area contributed by atoms with Crippen LogP contribution in [0.25, 0.3) is 0 Å². The highest BCUT2D eigenvalue weighted by Gasteiger charge is 2.10. The Bertz CT molecular complexity index is 469. The Balaban J connectivity index is 2.47. The highest BCUT2D eigenvalue weighted by atomic mass is 16.5. The number of hydrogen-bond acceptors (Lipinski definition) is 4. The van der Waals surface area contributed by atoms with E-state index in [2.05, 4.69) is 0 Å². The van der Waals surface area contributed by atoms with Crippen LogP contribution in [0.15, 0.2) is 24.3 Å². The summed E-state index contributed by atoms with van der Waals surface area (Å²) in [5.41, 5.74) is 0.929. The number of amides is 1. The highest BCUT2D eigenvalue weighted by molar-refractivity contribution is 5.77. The summed E-state index contributed by atoms with van der Waals surface area (Å²) in [6.45, 7) is 3.91. The molecule has 0 saturated carbocycles. The molecule has 1 N–H and O–H groups in total. The van der Waals surface area contributed by atoms with Gasteiger partial charge in [-0.15, -0.1) is 0 Å². The van der Waals surface area contributed by atoms with Crippen LogP contribution in [-0.4, -0.2) is 48.2 Å². The molecule has 6 heteroatoms. The van der Waals surface area contributed by atoms with Crippen molar-refractivity contribution < 1.29 is 24.2 Å². The maximum atomic E-state index is 11.8. The first-order valence-corrected chi connectivity index (χ1v) is 6.67. The minimum Gasteiger partial charge on any atom is -0.482 e. The van der Waals surface area contributed by atoms with Crippen LogP contribution in [0.1, 0.15) is 19.4 Å². The second-order valence-corrected chi connectivity index (χ2v) is 4.94. The van der Waals surface area contributed by atoms with Crippen LogP contribution in [0.4, 0.5) is 0 Å². The van der Waals surface area contributed by atoms with E-state index >= 15 is 0 Å². The molecule has 0 atom stereocenters. The largest absolute Gasteiger partial charge is 0.482 e. The number of carboxylic acid groups (broad SMARTS) is 1. The van der Waals surface area contributed by atoms with E-state index in [-0.39, 0.29) is 25.2 Å². The third kappa shape index (κ3) is 6.76. The quantitative estimate of drug-likeness (QED) is 0.787.